The number of likely N-dealkylation sites (tertiary alicyclic amines) is 1. The number of nitrogens with two attached hydrogens (primary N) is 1. The van der Waals surface area contributed by atoms with Crippen LogP contribution in [0, 0.1) is 0 Å². The van der Waals surface area contributed by atoms with Gasteiger partial charge >= 0.3 is 6.03 Å². The Hall–Kier alpha value is -0.770. The molecule has 1 saturated carbocycles. The van der Waals surface area contributed by atoms with Crippen molar-refractivity contribution in [1.82, 2.24) is 10.2 Å². The standard InChI is InChI=1S/C16H31N3O/c17-14-16(10-6-2-1-3-7-11-16)18-15(20)19-12-8-4-5-9-13-19/h1-14,17H2,(H,18,20). The molecule has 2 fully saturated rings. The monoisotopic (exact) mass is 281 g/mol. The average Bonchev–Trinajstić information content (AvgIpc) is 2.71. The van der Waals surface area contributed by atoms with Gasteiger partial charge in [0.25, 0.3) is 0 Å². The van der Waals surface area contributed by atoms with Gasteiger partial charge in [-0.3, -0.25) is 0 Å². The van der Waals surface area contributed by atoms with Crippen LogP contribution < -0.4 is 11.1 Å². The molecule has 1 saturated heterocycles. The molecule has 4 nitrogen and oxygen atoms in total. The average molecular weight is 281 g/mol. The van der Waals surface area contributed by atoms with Crippen LogP contribution in [-0.4, -0.2) is 36.1 Å². The fourth-order valence-electron chi connectivity index (χ4n) is 3.54. The zero-order valence-corrected chi connectivity index (χ0v) is 12.8. The van der Waals surface area contributed by atoms with Crippen molar-refractivity contribution in [3.8, 4) is 0 Å². The van der Waals surface area contributed by atoms with Crippen molar-refractivity contribution < 1.29 is 4.79 Å². The molecule has 1 aliphatic heterocycles. The van der Waals surface area contributed by atoms with E-state index in [1.807, 2.05) is 4.90 Å². The predicted octanol–water partition coefficient (Wildman–Crippen LogP) is 3.01. The molecule has 0 aromatic carbocycles. The molecule has 116 valence electrons. The van der Waals surface area contributed by atoms with E-state index >= 15 is 0 Å². The molecule has 0 aromatic rings. The molecule has 2 amide bonds. The van der Waals surface area contributed by atoms with Gasteiger partial charge in [-0.15, -0.1) is 0 Å². The first-order valence-corrected chi connectivity index (χ1v) is 8.53. The summed E-state index contributed by atoms with van der Waals surface area (Å²) in [6.45, 7) is 2.39. The van der Waals surface area contributed by atoms with Crippen LogP contribution in [0.3, 0.4) is 0 Å². The molecule has 0 radical (unpaired) electrons. The number of amides is 2. The van der Waals surface area contributed by atoms with E-state index in [1.165, 1.54) is 44.9 Å². The van der Waals surface area contributed by atoms with E-state index in [-0.39, 0.29) is 11.6 Å². The Kier molecular flexibility index (Phi) is 6.14. The van der Waals surface area contributed by atoms with Crippen molar-refractivity contribution in [2.75, 3.05) is 19.6 Å². The summed E-state index contributed by atoms with van der Waals surface area (Å²) < 4.78 is 0. The van der Waals surface area contributed by atoms with Gasteiger partial charge in [-0.05, 0) is 25.7 Å². The van der Waals surface area contributed by atoms with Gasteiger partial charge in [0.15, 0.2) is 0 Å². The number of nitrogens with one attached hydrogen (secondary N) is 1. The summed E-state index contributed by atoms with van der Waals surface area (Å²) in [6.07, 6.45) is 13.2. The van der Waals surface area contributed by atoms with Gasteiger partial charge in [0, 0.05) is 19.6 Å². The smallest absolute Gasteiger partial charge is 0.317 e. The molecule has 20 heavy (non-hydrogen) atoms. The second-order valence-electron chi connectivity index (χ2n) is 6.58. The van der Waals surface area contributed by atoms with Crippen molar-refractivity contribution in [1.29, 1.82) is 0 Å². The summed E-state index contributed by atoms with van der Waals surface area (Å²) in [5.41, 5.74) is 5.89. The summed E-state index contributed by atoms with van der Waals surface area (Å²) >= 11 is 0. The van der Waals surface area contributed by atoms with Gasteiger partial charge in [0.1, 0.15) is 0 Å². The highest BCUT2D eigenvalue weighted by atomic mass is 16.2. The molecule has 3 N–H and O–H groups in total. The highest BCUT2D eigenvalue weighted by Gasteiger charge is 2.32. The lowest BCUT2D eigenvalue weighted by atomic mass is 9.84. The van der Waals surface area contributed by atoms with E-state index in [9.17, 15) is 4.79 Å². The Morgan fingerprint density at radius 1 is 0.900 bits per heavy atom. The fraction of sp³-hybridized carbons (Fsp3) is 0.938. The van der Waals surface area contributed by atoms with Crippen LogP contribution in [0.15, 0.2) is 0 Å². The van der Waals surface area contributed by atoms with Crippen molar-refractivity contribution in [3.63, 3.8) is 0 Å². The largest absolute Gasteiger partial charge is 0.331 e. The van der Waals surface area contributed by atoms with Gasteiger partial charge in [-0.2, -0.15) is 0 Å². The summed E-state index contributed by atoms with van der Waals surface area (Å²) in [6, 6.07) is 0.123. The van der Waals surface area contributed by atoms with Crippen molar-refractivity contribution >= 4 is 6.03 Å². The second kappa shape index (κ2) is 7.87. The van der Waals surface area contributed by atoms with Gasteiger partial charge in [0.2, 0.25) is 0 Å². The van der Waals surface area contributed by atoms with Crippen LogP contribution in [0.5, 0.6) is 0 Å². The first kappa shape index (κ1) is 15.6. The molecular formula is C16H31N3O. The van der Waals surface area contributed by atoms with Gasteiger partial charge in [-0.1, -0.05) is 44.9 Å². The Labute approximate surface area is 123 Å². The van der Waals surface area contributed by atoms with E-state index in [0.717, 1.165) is 38.8 Å². The third kappa shape index (κ3) is 4.37. The SMILES string of the molecule is NCC1(NC(=O)N2CCCCCC2)CCCCCCC1. The minimum atomic E-state index is -0.149. The molecular weight excluding hydrogens is 250 g/mol. The number of hydrogen-bond donors (Lipinski definition) is 2. The van der Waals surface area contributed by atoms with E-state index in [4.69, 9.17) is 5.73 Å². The number of nitrogens with zero attached hydrogens (tertiary/aromatic N) is 1. The van der Waals surface area contributed by atoms with Gasteiger partial charge < -0.3 is 16.0 Å². The number of hydrogen-bond acceptors (Lipinski definition) is 2. The molecule has 0 unspecified atom stereocenters. The van der Waals surface area contributed by atoms with Crippen LogP contribution in [-0.2, 0) is 0 Å². The lowest BCUT2D eigenvalue weighted by Crippen LogP contribution is -2.57. The van der Waals surface area contributed by atoms with E-state index in [2.05, 4.69) is 5.32 Å². The Bertz CT molecular complexity index is 290. The van der Waals surface area contributed by atoms with Crippen molar-refractivity contribution in [2.24, 2.45) is 5.73 Å². The quantitative estimate of drug-likeness (QED) is 0.817. The second-order valence-corrected chi connectivity index (χ2v) is 6.58. The van der Waals surface area contributed by atoms with Gasteiger partial charge in [0.05, 0.1) is 5.54 Å². The maximum atomic E-state index is 12.5. The first-order chi connectivity index (χ1) is 9.76. The van der Waals surface area contributed by atoms with Gasteiger partial charge in [-0.25, -0.2) is 4.79 Å². The Morgan fingerprint density at radius 2 is 1.40 bits per heavy atom. The highest BCUT2D eigenvalue weighted by Crippen LogP contribution is 2.26. The third-order valence-corrected chi connectivity index (χ3v) is 4.97. The molecule has 1 aliphatic carbocycles. The zero-order valence-electron chi connectivity index (χ0n) is 12.8. The normalized spacial score (nSPS) is 24.4. The first-order valence-electron chi connectivity index (χ1n) is 8.53. The van der Waals surface area contributed by atoms with Crippen molar-refractivity contribution in [2.45, 2.75) is 76.2 Å². The van der Waals surface area contributed by atoms with E-state index in [0.29, 0.717) is 6.54 Å². The highest BCUT2D eigenvalue weighted by molar-refractivity contribution is 5.75. The molecule has 0 aromatic heterocycles. The predicted molar refractivity (Wildman–Crippen MR) is 82.7 cm³/mol. The molecule has 1 heterocycles. The minimum absolute atomic E-state index is 0.123. The Balaban J connectivity index is 1.94. The molecule has 4 heteroatoms. The molecule has 2 rings (SSSR count). The van der Waals surface area contributed by atoms with Crippen LogP contribution in [0.1, 0.15) is 70.6 Å². The summed E-state index contributed by atoms with van der Waals surface area (Å²) in [7, 11) is 0. The van der Waals surface area contributed by atoms with Crippen LogP contribution >= 0.6 is 0 Å². The molecule has 0 atom stereocenters. The lowest BCUT2D eigenvalue weighted by Gasteiger charge is -2.37. The summed E-state index contributed by atoms with van der Waals surface area (Å²) in [5.74, 6) is 0. The topological polar surface area (TPSA) is 58.4 Å². The number of rotatable bonds is 2. The number of urea groups is 1. The molecule has 0 bridgehead atoms. The minimum Gasteiger partial charge on any atom is -0.331 e. The number of carbonyl (C=O) groups is 1. The summed E-state index contributed by atoms with van der Waals surface area (Å²) in [4.78, 5) is 14.5. The third-order valence-electron chi connectivity index (χ3n) is 4.97. The van der Waals surface area contributed by atoms with Crippen LogP contribution in [0.4, 0.5) is 4.79 Å². The zero-order chi connectivity index (χ0) is 14.3. The summed E-state index contributed by atoms with van der Waals surface area (Å²) in [5, 5.41) is 3.31. The maximum Gasteiger partial charge on any atom is 0.317 e. The van der Waals surface area contributed by atoms with E-state index < -0.39 is 0 Å². The van der Waals surface area contributed by atoms with E-state index in [1.54, 1.807) is 0 Å². The molecule has 2 aliphatic rings. The fourth-order valence-corrected chi connectivity index (χ4v) is 3.54. The van der Waals surface area contributed by atoms with Crippen LogP contribution in [0.25, 0.3) is 0 Å². The Morgan fingerprint density at radius 3 is 1.95 bits per heavy atom. The number of carbonyl (C=O) groups excluding carboxylic acids is 1. The van der Waals surface area contributed by atoms with Crippen molar-refractivity contribution in [3.05, 3.63) is 0 Å². The lowest BCUT2D eigenvalue weighted by molar-refractivity contribution is 0.175. The van der Waals surface area contributed by atoms with Crippen LogP contribution in [0.2, 0.25) is 0 Å². The maximum absolute atomic E-state index is 12.5. The molecule has 0 spiro atoms.